The number of hydrogen-bond donors (Lipinski definition) is 0. The third kappa shape index (κ3) is 3.03. The van der Waals surface area contributed by atoms with Crippen molar-refractivity contribution in [3.63, 3.8) is 0 Å². The lowest BCUT2D eigenvalue weighted by atomic mass is 9.87. The summed E-state index contributed by atoms with van der Waals surface area (Å²) in [6, 6.07) is 0. The lowest BCUT2D eigenvalue weighted by molar-refractivity contribution is 0.414. The number of allylic oxidation sites excluding steroid dienone is 3. The fourth-order valence-electron chi connectivity index (χ4n) is 2.10. The second kappa shape index (κ2) is 5.23. The monoisotopic (exact) mass is 232 g/mol. The molecule has 0 spiro atoms. The zero-order chi connectivity index (χ0) is 10.7. The van der Waals surface area contributed by atoms with Crippen molar-refractivity contribution < 1.29 is 0 Å². The molecule has 1 rings (SSSR count). The highest BCUT2D eigenvalue weighted by Crippen LogP contribution is 2.33. The SMILES string of the molecule is CC1=C(C=C(Cl)Cl)CCCC(C)C1C. The van der Waals surface area contributed by atoms with Crippen molar-refractivity contribution in [3.8, 4) is 0 Å². The minimum absolute atomic E-state index is 0.376. The molecule has 1 aliphatic carbocycles. The molecule has 0 aromatic rings. The average Bonchev–Trinajstić information content (AvgIpc) is 2.21. The van der Waals surface area contributed by atoms with E-state index in [4.69, 9.17) is 23.2 Å². The minimum atomic E-state index is 0.376. The highest BCUT2D eigenvalue weighted by molar-refractivity contribution is 6.56. The Labute approximate surface area is 97.0 Å². The molecule has 0 nitrogen and oxygen atoms in total. The Hall–Kier alpha value is 0.0600. The van der Waals surface area contributed by atoms with E-state index in [1.165, 1.54) is 24.0 Å². The summed E-state index contributed by atoms with van der Waals surface area (Å²) < 4.78 is 0.376. The Kier molecular flexibility index (Phi) is 4.53. The molecule has 2 atom stereocenters. The maximum Gasteiger partial charge on any atom is 0.107 e. The third-order valence-corrected chi connectivity index (χ3v) is 3.65. The topological polar surface area (TPSA) is 0 Å². The number of hydrogen-bond acceptors (Lipinski definition) is 0. The van der Waals surface area contributed by atoms with E-state index in [0.717, 1.165) is 12.3 Å². The summed E-state index contributed by atoms with van der Waals surface area (Å²) in [5, 5.41) is 0. The first-order valence-corrected chi connectivity index (χ1v) is 6.00. The maximum atomic E-state index is 5.71. The molecular weight excluding hydrogens is 215 g/mol. The molecule has 0 fully saturated rings. The van der Waals surface area contributed by atoms with E-state index in [0.29, 0.717) is 10.4 Å². The summed E-state index contributed by atoms with van der Waals surface area (Å²) >= 11 is 11.4. The molecule has 0 bridgehead atoms. The average molecular weight is 233 g/mol. The molecule has 0 amide bonds. The molecule has 2 heteroatoms. The van der Waals surface area contributed by atoms with E-state index in [2.05, 4.69) is 20.8 Å². The fraction of sp³-hybridized carbons (Fsp3) is 0.667. The van der Waals surface area contributed by atoms with E-state index in [1.54, 1.807) is 0 Å². The summed E-state index contributed by atoms with van der Waals surface area (Å²) in [5.41, 5.74) is 2.79. The van der Waals surface area contributed by atoms with Crippen molar-refractivity contribution >= 4 is 23.2 Å². The van der Waals surface area contributed by atoms with Crippen molar-refractivity contribution in [2.75, 3.05) is 0 Å². The van der Waals surface area contributed by atoms with Gasteiger partial charge in [0.25, 0.3) is 0 Å². The molecule has 0 aromatic heterocycles. The Morgan fingerprint density at radius 1 is 1.36 bits per heavy atom. The lowest BCUT2D eigenvalue weighted by Crippen LogP contribution is -2.07. The van der Waals surface area contributed by atoms with Crippen LogP contribution in [0, 0.1) is 11.8 Å². The Morgan fingerprint density at radius 3 is 2.57 bits per heavy atom. The number of halogens is 2. The van der Waals surface area contributed by atoms with E-state index in [1.807, 2.05) is 6.08 Å². The van der Waals surface area contributed by atoms with Gasteiger partial charge >= 0.3 is 0 Å². The van der Waals surface area contributed by atoms with Gasteiger partial charge in [0.05, 0.1) is 0 Å². The summed E-state index contributed by atoms with van der Waals surface area (Å²) in [4.78, 5) is 0. The van der Waals surface area contributed by atoms with Crippen LogP contribution >= 0.6 is 23.2 Å². The zero-order valence-electron chi connectivity index (χ0n) is 9.11. The molecule has 80 valence electrons. The quantitative estimate of drug-likeness (QED) is 0.592. The maximum absolute atomic E-state index is 5.71. The Balaban J connectivity index is 2.94. The van der Waals surface area contributed by atoms with Crippen molar-refractivity contribution in [2.45, 2.75) is 40.0 Å². The van der Waals surface area contributed by atoms with Crippen LogP contribution in [-0.4, -0.2) is 0 Å². The van der Waals surface area contributed by atoms with Gasteiger partial charge in [0.2, 0.25) is 0 Å². The van der Waals surface area contributed by atoms with Gasteiger partial charge in [-0.15, -0.1) is 0 Å². The normalized spacial score (nSPS) is 28.6. The number of rotatable bonds is 1. The van der Waals surface area contributed by atoms with Gasteiger partial charge in [0.15, 0.2) is 0 Å². The second-order valence-corrected chi connectivity index (χ2v) is 5.31. The van der Waals surface area contributed by atoms with Crippen molar-refractivity contribution in [1.82, 2.24) is 0 Å². The minimum Gasteiger partial charge on any atom is -0.0709 e. The van der Waals surface area contributed by atoms with E-state index >= 15 is 0 Å². The van der Waals surface area contributed by atoms with E-state index < -0.39 is 0 Å². The van der Waals surface area contributed by atoms with Gasteiger partial charge in [0, 0.05) is 0 Å². The predicted molar refractivity (Wildman–Crippen MR) is 64.7 cm³/mol. The standard InChI is InChI=1S/C12H18Cl2/c1-8-5-4-6-11(7-12(13)14)10(3)9(8)2/h7-9H,4-6H2,1-3H3. The highest BCUT2D eigenvalue weighted by atomic mass is 35.5. The van der Waals surface area contributed by atoms with Gasteiger partial charge in [-0.2, -0.15) is 0 Å². The first kappa shape index (κ1) is 12.1. The Bertz CT molecular complexity index is 259. The molecule has 0 N–H and O–H groups in total. The van der Waals surface area contributed by atoms with Crippen molar-refractivity contribution in [1.29, 1.82) is 0 Å². The van der Waals surface area contributed by atoms with Crippen LogP contribution in [0.1, 0.15) is 40.0 Å². The summed E-state index contributed by atoms with van der Waals surface area (Å²) in [6.07, 6.45) is 5.57. The van der Waals surface area contributed by atoms with Crippen LogP contribution in [0.4, 0.5) is 0 Å². The molecule has 0 radical (unpaired) electrons. The van der Waals surface area contributed by atoms with E-state index in [9.17, 15) is 0 Å². The molecule has 0 saturated heterocycles. The zero-order valence-corrected chi connectivity index (χ0v) is 10.6. The van der Waals surface area contributed by atoms with Gasteiger partial charge < -0.3 is 0 Å². The van der Waals surface area contributed by atoms with Gasteiger partial charge in [-0.25, -0.2) is 0 Å². The van der Waals surface area contributed by atoms with Crippen LogP contribution in [-0.2, 0) is 0 Å². The predicted octanol–water partition coefficient (Wildman–Crippen LogP) is 5.08. The third-order valence-electron chi connectivity index (χ3n) is 3.43. The molecule has 0 aromatic carbocycles. The molecular formula is C12H18Cl2. The molecule has 0 heterocycles. The van der Waals surface area contributed by atoms with Crippen molar-refractivity contribution in [2.24, 2.45) is 11.8 Å². The van der Waals surface area contributed by atoms with Crippen LogP contribution in [0.25, 0.3) is 0 Å². The largest absolute Gasteiger partial charge is 0.107 e. The van der Waals surface area contributed by atoms with E-state index in [-0.39, 0.29) is 0 Å². The Morgan fingerprint density at radius 2 is 2.00 bits per heavy atom. The van der Waals surface area contributed by atoms with Crippen LogP contribution in [0.2, 0.25) is 0 Å². The van der Waals surface area contributed by atoms with Gasteiger partial charge in [0.1, 0.15) is 4.49 Å². The summed E-state index contributed by atoms with van der Waals surface area (Å²) in [6.45, 7) is 6.82. The van der Waals surface area contributed by atoms with Gasteiger partial charge in [-0.3, -0.25) is 0 Å². The van der Waals surface area contributed by atoms with Crippen LogP contribution in [0.3, 0.4) is 0 Å². The molecule has 2 unspecified atom stereocenters. The molecule has 0 saturated carbocycles. The van der Waals surface area contributed by atoms with Crippen LogP contribution < -0.4 is 0 Å². The molecule has 14 heavy (non-hydrogen) atoms. The van der Waals surface area contributed by atoms with Crippen molar-refractivity contribution in [3.05, 3.63) is 21.7 Å². The smallest absolute Gasteiger partial charge is 0.0709 e. The first-order valence-electron chi connectivity index (χ1n) is 5.24. The summed E-state index contributed by atoms with van der Waals surface area (Å²) in [5.74, 6) is 1.42. The molecule has 1 aliphatic rings. The first-order chi connectivity index (χ1) is 6.52. The van der Waals surface area contributed by atoms with Gasteiger partial charge in [-0.1, -0.05) is 42.6 Å². The molecule has 0 aliphatic heterocycles. The highest BCUT2D eigenvalue weighted by Gasteiger charge is 2.19. The lowest BCUT2D eigenvalue weighted by Gasteiger charge is -2.18. The van der Waals surface area contributed by atoms with Crippen LogP contribution in [0.5, 0.6) is 0 Å². The fourth-order valence-corrected chi connectivity index (χ4v) is 2.36. The van der Waals surface area contributed by atoms with Gasteiger partial charge in [-0.05, 0) is 49.7 Å². The second-order valence-electron chi connectivity index (χ2n) is 4.30. The van der Waals surface area contributed by atoms with Crippen LogP contribution in [0.15, 0.2) is 21.7 Å². The summed E-state index contributed by atoms with van der Waals surface area (Å²) in [7, 11) is 0.